The van der Waals surface area contributed by atoms with Gasteiger partial charge in [-0.1, -0.05) is 19.0 Å². The summed E-state index contributed by atoms with van der Waals surface area (Å²) in [6, 6.07) is 0. The predicted molar refractivity (Wildman–Crippen MR) is 75.9 cm³/mol. The summed E-state index contributed by atoms with van der Waals surface area (Å²) in [5, 5.41) is 4.14. The number of carbonyl (C=O) groups excluding carboxylic acids is 1. The van der Waals surface area contributed by atoms with Crippen LogP contribution < -0.4 is 0 Å². The first-order valence-electron chi connectivity index (χ1n) is 7.85. The molecule has 6 heteroatoms. The van der Waals surface area contributed by atoms with Crippen molar-refractivity contribution in [2.75, 3.05) is 26.3 Å². The van der Waals surface area contributed by atoms with Crippen molar-refractivity contribution >= 4 is 5.91 Å². The van der Waals surface area contributed by atoms with Crippen LogP contribution in [0.1, 0.15) is 56.7 Å². The maximum absolute atomic E-state index is 12.0. The first kappa shape index (κ1) is 14.5. The van der Waals surface area contributed by atoms with Crippen LogP contribution in [-0.4, -0.2) is 47.3 Å². The van der Waals surface area contributed by atoms with E-state index in [0.29, 0.717) is 18.4 Å². The van der Waals surface area contributed by atoms with Gasteiger partial charge in [0.05, 0.1) is 5.92 Å². The van der Waals surface area contributed by atoms with Gasteiger partial charge in [-0.2, -0.15) is 4.98 Å². The van der Waals surface area contributed by atoms with Gasteiger partial charge in [0.25, 0.3) is 0 Å². The van der Waals surface area contributed by atoms with Gasteiger partial charge in [-0.25, -0.2) is 0 Å². The summed E-state index contributed by atoms with van der Waals surface area (Å²) in [7, 11) is 0. The van der Waals surface area contributed by atoms with Crippen LogP contribution in [0.15, 0.2) is 4.52 Å². The lowest BCUT2D eigenvalue weighted by molar-refractivity contribution is -0.133. The van der Waals surface area contributed by atoms with Crippen molar-refractivity contribution < 1.29 is 14.1 Å². The average molecular weight is 293 g/mol. The first-order chi connectivity index (χ1) is 10.1. The average Bonchev–Trinajstić information content (AvgIpc) is 3.16. The van der Waals surface area contributed by atoms with Crippen molar-refractivity contribution in [3.8, 4) is 0 Å². The highest BCUT2D eigenvalue weighted by molar-refractivity contribution is 5.78. The van der Waals surface area contributed by atoms with Gasteiger partial charge in [0.15, 0.2) is 5.82 Å². The minimum absolute atomic E-state index is 0.0456. The number of rotatable bonds is 3. The third-order valence-corrected chi connectivity index (χ3v) is 4.39. The molecule has 0 radical (unpaired) electrons. The number of aromatic nitrogens is 2. The third kappa shape index (κ3) is 3.10. The van der Waals surface area contributed by atoms with E-state index in [0.717, 1.165) is 44.8 Å². The Morgan fingerprint density at radius 3 is 2.71 bits per heavy atom. The second-order valence-corrected chi connectivity index (χ2v) is 6.30. The second kappa shape index (κ2) is 6.13. The SMILES string of the molecule is CC(C)C(=O)N1CCC(c2nc(C3CCOCC3)no2)C1. The van der Waals surface area contributed by atoms with E-state index in [-0.39, 0.29) is 17.7 Å². The molecule has 0 spiro atoms. The van der Waals surface area contributed by atoms with Crippen LogP contribution in [0.3, 0.4) is 0 Å². The molecule has 2 saturated heterocycles. The molecule has 0 saturated carbocycles. The molecule has 116 valence electrons. The van der Waals surface area contributed by atoms with Gasteiger partial charge >= 0.3 is 0 Å². The molecule has 1 aromatic rings. The minimum Gasteiger partial charge on any atom is -0.381 e. The molecule has 3 heterocycles. The lowest BCUT2D eigenvalue weighted by Crippen LogP contribution is -2.32. The van der Waals surface area contributed by atoms with Crippen molar-refractivity contribution in [1.29, 1.82) is 0 Å². The molecule has 2 aliphatic heterocycles. The first-order valence-corrected chi connectivity index (χ1v) is 7.85. The largest absolute Gasteiger partial charge is 0.381 e. The number of likely N-dealkylation sites (tertiary alicyclic amines) is 1. The van der Waals surface area contributed by atoms with E-state index >= 15 is 0 Å². The normalized spacial score (nSPS) is 24.0. The third-order valence-electron chi connectivity index (χ3n) is 4.39. The van der Waals surface area contributed by atoms with E-state index in [2.05, 4.69) is 10.1 Å². The molecule has 2 aliphatic rings. The summed E-state index contributed by atoms with van der Waals surface area (Å²) in [4.78, 5) is 18.5. The van der Waals surface area contributed by atoms with Crippen LogP contribution in [0.5, 0.6) is 0 Å². The van der Waals surface area contributed by atoms with Crippen LogP contribution >= 0.6 is 0 Å². The Morgan fingerprint density at radius 2 is 2.00 bits per heavy atom. The lowest BCUT2D eigenvalue weighted by Gasteiger charge is -2.18. The van der Waals surface area contributed by atoms with Gasteiger partial charge in [-0.3, -0.25) is 4.79 Å². The van der Waals surface area contributed by atoms with E-state index in [4.69, 9.17) is 9.26 Å². The van der Waals surface area contributed by atoms with E-state index in [1.165, 1.54) is 0 Å². The molecule has 0 aliphatic carbocycles. The summed E-state index contributed by atoms with van der Waals surface area (Å²) in [6.45, 7) is 6.91. The molecule has 1 atom stereocenters. The molecule has 21 heavy (non-hydrogen) atoms. The fraction of sp³-hybridized carbons (Fsp3) is 0.800. The van der Waals surface area contributed by atoms with E-state index in [1.807, 2.05) is 18.7 Å². The molecule has 6 nitrogen and oxygen atoms in total. The van der Waals surface area contributed by atoms with Crippen LogP contribution in [0.2, 0.25) is 0 Å². The number of nitrogens with zero attached hydrogens (tertiary/aromatic N) is 3. The summed E-state index contributed by atoms with van der Waals surface area (Å²) in [5.41, 5.74) is 0. The number of carbonyl (C=O) groups is 1. The molecule has 0 aromatic carbocycles. The van der Waals surface area contributed by atoms with E-state index in [9.17, 15) is 4.79 Å². The molecule has 3 rings (SSSR count). The Kier molecular flexibility index (Phi) is 4.24. The molecule has 0 N–H and O–H groups in total. The Morgan fingerprint density at radius 1 is 1.24 bits per heavy atom. The standard InChI is InChI=1S/C15H23N3O3/c1-10(2)15(19)18-6-3-12(9-18)14-16-13(17-21-14)11-4-7-20-8-5-11/h10-12H,3-9H2,1-2H3. The van der Waals surface area contributed by atoms with Crippen LogP contribution in [-0.2, 0) is 9.53 Å². The molecular formula is C15H23N3O3. The monoisotopic (exact) mass is 293 g/mol. The summed E-state index contributed by atoms with van der Waals surface area (Å²) < 4.78 is 10.8. The van der Waals surface area contributed by atoms with Crippen molar-refractivity contribution in [2.45, 2.75) is 44.9 Å². The number of hydrogen-bond acceptors (Lipinski definition) is 5. The van der Waals surface area contributed by atoms with Gasteiger partial charge in [0.2, 0.25) is 11.8 Å². The molecule has 2 fully saturated rings. The maximum Gasteiger partial charge on any atom is 0.231 e. The van der Waals surface area contributed by atoms with Gasteiger partial charge in [-0.05, 0) is 19.3 Å². The minimum atomic E-state index is 0.0456. The van der Waals surface area contributed by atoms with Gasteiger partial charge in [-0.15, -0.1) is 0 Å². The highest BCUT2D eigenvalue weighted by Gasteiger charge is 2.32. The van der Waals surface area contributed by atoms with Crippen molar-refractivity contribution in [2.24, 2.45) is 5.92 Å². The molecular weight excluding hydrogens is 270 g/mol. The van der Waals surface area contributed by atoms with E-state index in [1.54, 1.807) is 0 Å². The summed E-state index contributed by atoms with van der Waals surface area (Å²) >= 11 is 0. The Hall–Kier alpha value is -1.43. The smallest absolute Gasteiger partial charge is 0.231 e. The second-order valence-electron chi connectivity index (χ2n) is 6.30. The van der Waals surface area contributed by atoms with Crippen LogP contribution in [0, 0.1) is 5.92 Å². The van der Waals surface area contributed by atoms with Crippen molar-refractivity contribution in [3.63, 3.8) is 0 Å². The summed E-state index contributed by atoms with van der Waals surface area (Å²) in [6.07, 6.45) is 2.83. The highest BCUT2D eigenvalue weighted by Crippen LogP contribution is 2.30. The maximum atomic E-state index is 12.0. The quantitative estimate of drug-likeness (QED) is 0.852. The Labute approximate surface area is 124 Å². The zero-order valence-corrected chi connectivity index (χ0v) is 12.7. The zero-order valence-electron chi connectivity index (χ0n) is 12.7. The molecule has 1 unspecified atom stereocenters. The lowest BCUT2D eigenvalue weighted by atomic mass is 10.00. The highest BCUT2D eigenvalue weighted by atomic mass is 16.5. The van der Waals surface area contributed by atoms with Gasteiger partial charge < -0.3 is 14.2 Å². The number of hydrogen-bond donors (Lipinski definition) is 0. The zero-order chi connectivity index (χ0) is 14.8. The molecule has 0 bridgehead atoms. The van der Waals surface area contributed by atoms with Crippen LogP contribution in [0.4, 0.5) is 0 Å². The Balaban J connectivity index is 1.63. The molecule has 1 amide bonds. The number of ether oxygens (including phenoxy) is 1. The number of amides is 1. The van der Waals surface area contributed by atoms with Gasteiger partial charge in [0.1, 0.15) is 0 Å². The Bertz CT molecular complexity index is 494. The fourth-order valence-corrected chi connectivity index (χ4v) is 3.06. The summed E-state index contributed by atoms with van der Waals surface area (Å²) in [5.74, 6) is 2.29. The van der Waals surface area contributed by atoms with E-state index < -0.39 is 0 Å². The topological polar surface area (TPSA) is 68.5 Å². The van der Waals surface area contributed by atoms with Crippen LogP contribution in [0.25, 0.3) is 0 Å². The van der Waals surface area contributed by atoms with Crippen molar-refractivity contribution in [3.05, 3.63) is 11.7 Å². The molecule has 1 aromatic heterocycles. The fourth-order valence-electron chi connectivity index (χ4n) is 3.06. The predicted octanol–water partition coefficient (Wildman–Crippen LogP) is 1.94. The van der Waals surface area contributed by atoms with Crippen molar-refractivity contribution in [1.82, 2.24) is 15.0 Å². The van der Waals surface area contributed by atoms with Gasteiger partial charge in [0, 0.05) is 38.1 Å².